The third-order valence-electron chi connectivity index (χ3n) is 5.55. The van der Waals surface area contributed by atoms with Gasteiger partial charge in [-0.1, -0.05) is 44.2 Å². The van der Waals surface area contributed by atoms with Crippen LogP contribution in [0.1, 0.15) is 45.7 Å². The van der Waals surface area contributed by atoms with Crippen LogP contribution in [0.15, 0.2) is 48.6 Å². The minimum atomic E-state index is -1.26. The standard InChI is InChI=1S/C22H27N3O3.C4H4O4.2H2O.U/c1-4-25(5-2)13-14(26)12-24-18-11-10-17(23-3)19-20(18)22(28)16-9-7-6-8-15(16)21(19)27;5-3(6)1-2-4(7)8;;;/h6-11,14,26H,4-5,12-13H2,1-3H3,(H2,23,24,27,28);1-2H,(H,5,6)(H,7,8);2*1H2;/p-1/b;2-1+;;;. The number of hydrogen-bond acceptors (Lipinski definition) is 7. The van der Waals surface area contributed by atoms with Crippen molar-refractivity contribution in [3.05, 3.63) is 76.1 Å². The van der Waals surface area contributed by atoms with Gasteiger partial charge in [-0.05, 0) is 19.2 Å². The molecule has 3 rings (SSSR count). The van der Waals surface area contributed by atoms with Crippen molar-refractivity contribution in [1.82, 2.24) is 4.90 Å². The smallest absolute Gasteiger partial charge is 0.328 e. The predicted molar refractivity (Wildman–Crippen MR) is 143 cm³/mol. The van der Waals surface area contributed by atoms with Crippen molar-refractivity contribution < 1.29 is 76.6 Å². The third kappa shape index (κ3) is 10.2. The number of rotatable bonds is 10. The average molecular weight is 771 g/mol. The number of ketones is 2. The first-order valence-corrected chi connectivity index (χ1v) is 11.4. The number of benzene rings is 2. The molecule has 0 heterocycles. The van der Waals surface area contributed by atoms with Crippen LogP contribution in [-0.4, -0.2) is 94.0 Å². The fourth-order valence-electron chi connectivity index (χ4n) is 3.75. The van der Waals surface area contributed by atoms with Crippen molar-refractivity contribution in [2.24, 2.45) is 0 Å². The average Bonchev–Trinajstić information content (AvgIpc) is 2.87. The molecule has 0 spiro atoms. The van der Waals surface area contributed by atoms with Gasteiger partial charge >= 0.3 is 11.9 Å². The molecule has 13 heteroatoms. The molecular formula is C26H34N3O9U-. The van der Waals surface area contributed by atoms with Crippen molar-refractivity contribution in [2.75, 3.05) is 38.5 Å². The van der Waals surface area contributed by atoms with Gasteiger partial charge in [-0.3, -0.25) is 9.59 Å². The molecule has 0 aliphatic heterocycles. The van der Waals surface area contributed by atoms with Gasteiger partial charge in [0, 0.05) is 78.7 Å². The van der Waals surface area contributed by atoms with Gasteiger partial charge in [-0.2, -0.15) is 0 Å². The fraction of sp³-hybridized carbons (Fsp3) is 0.308. The molecule has 8 N–H and O–H groups in total. The molecule has 0 amide bonds. The zero-order valence-corrected chi connectivity index (χ0v) is 26.1. The van der Waals surface area contributed by atoms with Crippen LogP contribution in [0.2, 0.25) is 0 Å². The Morgan fingerprint density at radius 2 is 1.41 bits per heavy atom. The quantitative estimate of drug-likeness (QED) is 0.218. The molecule has 12 nitrogen and oxygen atoms in total. The van der Waals surface area contributed by atoms with Crippen LogP contribution in [0.5, 0.6) is 0 Å². The van der Waals surface area contributed by atoms with Gasteiger partial charge < -0.3 is 41.8 Å². The molecule has 0 saturated carbocycles. The minimum absolute atomic E-state index is 0. The number of likely N-dealkylation sites (N-methyl/N-ethyl adjacent to an activating group) is 1. The number of aliphatic hydroxyl groups excluding tert-OH is 1. The minimum Gasteiger partial charge on any atom is -0.686 e. The van der Waals surface area contributed by atoms with E-state index in [-0.39, 0.29) is 60.2 Å². The molecule has 1 unspecified atom stereocenters. The zero-order chi connectivity index (χ0) is 26.8. The van der Waals surface area contributed by atoms with Gasteiger partial charge in [0.25, 0.3) is 0 Å². The van der Waals surface area contributed by atoms with Crippen LogP contribution >= 0.6 is 0 Å². The Morgan fingerprint density at radius 1 is 0.923 bits per heavy atom. The monoisotopic (exact) mass is 770 g/mol. The number of carbonyl (C=O) groups excluding carboxylic acids is 2. The first-order valence-electron chi connectivity index (χ1n) is 11.4. The summed E-state index contributed by atoms with van der Waals surface area (Å²) in [6.45, 7) is 6.65. The second-order valence-electron chi connectivity index (χ2n) is 7.84. The molecule has 0 saturated heterocycles. The van der Waals surface area contributed by atoms with Crippen LogP contribution in [0.25, 0.3) is 5.32 Å². The number of nitrogens with one attached hydrogen (secondary N) is 1. The summed E-state index contributed by atoms with van der Waals surface area (Å²) in [4.78, 5) is 47.4. The summed E-state index contributed by atoms with van der Waals surface area (Å²) in [5, 5.41) is 33.3. The Kier molecular flexibility index (Phi) is 17.9. The number of aliphatic carboxylic acids is 2. The summed E-state index contributed by atoms with van der Waals surface area (Å²) in [6, 6.07) is 10.3. The maximum Gasteiger partial charge on any atom is 0.328 e. The van der Waals surface area contributed by atoms with E-state index in [0.29, 0.717) is 52.3 Å². The maximum atomic E-state index is 13.2. The van der Waals surface area contributed by atoms with E-state index >= 15 is 0 Å². The van der Waals surface area contributed by atoms with Gasteiger partial charge in [-0.25, -0.2) is 9.59 Å². The van der Waals surface area contributed by atoms with Gasteiger partial charge in [0.2, 0.25) is 0 Å². The maximum absolute atomic E-state index is 13.2. The van der Waals surface area contributed by atoms with Gasteiger partial charge in [-0.15, -0.1) is 12.7 Å². The number of carboxylic acid groups (broad SMARTS) is 2. The Bertz CT molecular complexity index is 1150. The van der Waals surface area contributed by atoms with E-state index in [2.05, 4.69) is 29.4 Å². The van der Waals surface area contributed by atoms with Crippen molar-refractivity contribution in [3.8, 4) is 0 Å². The summed E-state index contributed by atoms with van der Waals surface area (Å²) in [7, 11) is 1.61. The topological polar surface area (TPSA) is 221 Å². The van der Waals surface area contributed by atoms with E-state index in [4.69, 9.17) is 10.2 Å². The Hall–Kier alpha value is -3.05. The number of aliphatic hydroxyl groups is 1. The van der Waals surface area contributed by atoms with Crippen LogP contribution < -0.4 is 5.32 Å². The van der Waals surface area contributed by atoms with E-state index in [1.54, 1.807) is 43.4 Å². The van der Waals surface area contributed by atoms with E-state index in [0.717, 1.165) is 13.1 Å². The van der Waals surface area contributed by atoms with E-state index < -0.39 is 18.0 Å². The number of carboxylic acids is 2. The molecule has 1 aliphatic carbocycles. The molecule has 39 heavy (non-hydrogen) atoms. The van der Waals surface area contributed by atoms with Gasteiger partial charge in [0.05, 0.1) is 11.7 Å². The number of hydrogen-bond donors (Lipinski definition) is 4. The largest absolute Gasteiger partial charge is 0.686 e. The summed E-state index contributed by atoms with van der Waals surface area (Å²) < 4.78 is 0. The van der Waals surface area contributed by atoms with Crippen LogP contribution in [-0.2, 0) is 9.59 Å². The summed E-state index contributed by atoms with van der Waals surface area (Å²) in [5.41, 5.74) is 2.52. The number of carbonyl (C=O) groups is 4. The number of nitrogens with zero attached hydrogens (tertiary/aromatic N) is 2. The van der Waals surface area contributed by atoms with Crippen LogP contribution in [0.4, 0.5) is 11.4 Å². The predicted octanol–water partition coefficient (Wildman–Crippen LogP) is 1.27. The number of fused-ring (bicyclic) bond motifs is 2. The first kappa shape index (κ1) is 38.1. The molecule has 0 aromatic heterocycles. The second-order valence-corrected chi connectivity index (χ2v) is 7.84. The summed E-state index contributed by atoms with van der Waals surface area (Å²) in [6.07, 6.45) is 0.526. The van der Waals surface area contributed by atoms with Crippen LogP contribution in [0.3, 0.4) is 0 Å². The van der Waals surface area contributed by atoms with Crippen molar-refractivity contribution in [2.45, 2.75) is 20.0 Å². The zero-order valence-electron chi connectivity index (χ0n) is 21.9. The molecule has 2 aromatic rings. The van der Waals surface area contributed by atoms with Crippen molar-refractivity contribution in [1.29, 1.82) is 0 Å². The molecule has 212 valence electrons. The Balaban J connectivity index is 0. The van der Waals surface area contributed by atoms with E-state index in [1.807, 2.05) is 0 Å². The van der Waals surface area contributed by atoms with Crippen molar-refractivity contribution in [3.63, 3.8) is 0 Å². The fourth-order valence-corrected chi connectivity index (χ4v) is 3.75. The van der Waals surface area contributed by atoms with Gasteiger partial charge in [0.1, 0.15) is 0 Å². The first-order chi connectivity index (χ1) is 17.1. The molecule has 0 radical (unpaired) electrons. The van der Waals surface area contributed by atoms with E-state index in [1.165, 1.54) is 0 Å². The molecule has 1 atom stereocenters. The van der Waals surface area contributed by atoms with Gasteiger partial charge in [0.15, 0.2) is 11.6 Å². The van der Waals surface area contributed by atoms with Crippen molar-refractivity contribution >= 4 is 34.9 Å². The SMILES string of the molecule is CCN(CC)CC(O)CNc1ccc([N-]C)c2c1C(=O)c1ccccc1C2=O.O.O.O=C(O)/C=C/C(=O)O.[U]. The molecule has 0 fully saturated rings. The second kappa shape index (κ2) is 18.3. The molecule has 0 bridgehead atoms. The summed E-state index contributed by atoms with van der Waals surface area (Å²) in [5.74, 6) is -2.91. The third-order valence-corrected chi connectivity index (χ3v) is 5.55. The Labute approximate surface area is 250 Å². The normalized spacial score (nSPS) is 11.9. The molecule has 2 aromatic carbocycles. The Morgan fingerprint density at radius 3 is 1.85 bits per heavy atom. The molecule has 1 aliphatic rings. The number of anilines is 1. The van der Waals surface area contributed by atoms with Crippen LogP contribution in [0, 0.1) is 31.1 Å². The summed E-state index contributed by atoms with van der Waals surface area (Å²) >= 11 is 0. The molecular weight excluding hydrogens is 736 g/mol. The van der Waals surface area contributed by atoms with E-state index in [9.17, 15) is 24.3 Å².